The Bertz CT molecular complexity index is 520. The molecule has 1 aliphatic rings. The summed E-state index contributed by atoms with van der Waals surface area (Å²) in [5.74, 6) is 0.429. The van der Waals surface area contributed by atoms with Gasteiger partial charge < -0.3 is 10.1 Å². The van der Waals surface area contributed by atoms with Crippen molar-refractivity contribution in [3.8, 4) is 0 Å². The Morgan fingerprint density at radius 1 is 1.22 bits per heavy atom. The summed E-state index contributed by atoms with van der Waals surface area (Å²) in [6.07, 6.45) is 0.763. The van der Waals surface area contributed by atoms with Crippen molar-refractivity contribution in [3.63, 3.8) is 0 Å². The van der Waals surface area contributed by atoms with Crippen LogP contribution in [0.2, 0.25) is 0 Å². The molecule has 1 saturated heterocycles. The van der Waals surface area contributed by atoms with Gasteiger partial charge in [-0.2, -0.15) is 0 Å². The van der Waals surface area contributed by atoms with Gasteiger partial charge >= 0.3 is 6.09 Å². The third-order valence-electron chi connectivity index (χ3n) is 4.37. The molecule has 0 aromatic heterocycles. The van der Waals surface area contributed by atoms with E-state index in [0.29, 0.717) is 5.92 Å². The van der Waals surface area contributed by atoms with Crippen LogP contribution in [0.3, 0.4) is 0 Å². The SMILES string of the molecule is CC(C)(C)OC(=O)NC(C)(C)[C@@H]1CCN(Cc2ccccc2)C1. The van der Waals surface area contributed by atoms with Crippen molar-refractivity contribution in [2.45, 2.75) is 58.7 Å². The Morgan fingerprint density at radius 2 is 1.87 bits per heavy atom. The molecule has 4 nitrogen and oxygen atoms in total. The average Bonchev–Trinajstić information content (AvgIpc) is 2.86. The first-order chi connectivity index (χ1) is 10.7. The first-order valence-electron chi connectivity index (χ1n) is 8.43. The van der Waals surface area contributed by atoms with E-state index >= 15 is 0 Å². The summed E-state index contributed by atoms with van der Waals surface area (Å²) in [5.41, 5.74) is 0.606. The maximum Gasteiger partial charge on any atom is 0.408 e. The standard InChI is InChI=1S/C19H30N2O2/c1-18(2,3)23-17(22)20-19(4,5)16-11-12-21(14-16)13-15-9-7-6-8-10-15/h6-10,16H,11-14H2,1-5H3,(H,20,22)/t16-/m1/s1. The lowest BCUT2D eigenvalue weighted by Crippen LogP contribution is -2.51. The maximum absolute atomic E-state index is 12.1. The molecular formula is C19H30N2O2. The number of nitrogens with one attached hydrogen (secondary N) is 1. The van der Waals surface area contributed by atoms with E-state index in [-0.39, 0.29) is 11.6 Å². The molecule has 1 fully saturated rings. The molecule has 1 aliphatic heterocycles. The fraction of sp³-hybridized carbons (Fsp3) is 0.632. The van der Waals surface area contributed by atoms with E-state index in [4.69, 9.17) is 4.74 Å². The highest BCUT2D eigenvalue weighted by Gasteiger charge is 2.37. The first-order valence-corrected chi connectivity index (χ1v) is 8.43. The van der Waals surface area contributed by atoms with Gasteiger partial charge in [0.25, 0.3) is 0 Å². The van der Waals surface area contributed by atoms with Gasteiger partial charge in [-0.1, -0.05) is 30.3 Å². The topological polar surface area (TPSA) is 41.6 Å². The smallest absolute Gasteiger partial charge is 0.408 e. The second-order valence-corrected chi connectivity index (χ2v) is 8.05. The number of nitrogens with zero attached hydrogens (tertiary/aromatic N) is 1. The predicted molar refractivity (Wildman–Crippen MR) is 93.3 cm³/mol. The molecule has 2 rings (SSSR count). The number of alkyl carbamates (subject to hydrolysis) is 1. The molecule has 4 heteroatoms. The van der Waals surface area contributed by atoms with Crippen LogP contribution < -0.4 is 5.32 Å². The monoisotopic (exact) mass is 318 g/mol. The highest BCUT2D eigenvalue weighted by atomic mass is 16.6. The van der Waals surface area contributed by atoms with Gasteiger partial charge in [0.2, 0.25) is 0 Å². The van der Waals surface area contributed by atoms with Gasteiger partial charge in [0.1, 0.15) is 5.60 Å². The number of carbonyl (C=O) groups is 1. The van der Waals surface area contributed by atoms with Crippen LogP contribution in [0.1, 0.15) is 46.6 Å². The zero-order valence-electron chi connectivity index (χ0n) is 15.1. The molecular weight excluding hydrogens is 288 g/mol. The zero-order valence-corrected chi connectivity index (χ0v) is 15.1. The van der Waals surface area contributed by atoms with Crippen LogP contribution in [0.4, 0.5) is 4.79 Å². The molecule has 1 aromatic rings. The van der Waals surface area contributed by atoms with Crippen molar-refractivity contribution in [1.82, 2.24) is 10.2 Å². The van der Waals surface area contributed by atoms with E-state index in [9.17, 15) is 4.79 Å². The number of hydrogen-bond donors (Lipinski definition) is 1. The van der Waals surface area contributed by atoms with Crippen molar-refractivity contribution in [2.75, 3.05) is 13.1 Å². The molecule has 1 aromatic carbocycles. The lowest BCUT2D eigenvalue weighted by molar-refractivity contribution is 0.0437. The summed E-state index contributed by atoms with van der Waals surface area (Å²) < 4.78 is 5.39. The highest BCUT2D eigenvalue weighted by molar-refractivity contribution is 5.68. The van der Waals surface area contributed by atoms with Crippen LogP contribution in [0, 0.1) is 5.92 Å². The first kappa shape index (κ1) is 17.8. The Kier molecular flexibility index (Phi) is 5.35. The lowest BCUT2D eigenvalue weighted by Gasteiger charge is -2.33. The molecule has 0 unspecified atom stereocenters. The molecule has 1 heterocycles. The minimum Gasteiger partial charge on any atom is -0.444 e. The summed E-state index contributed by atoms with van der Waals surface area (Å²) in [6, 6.07) is 10.5. The number of carbonyl (C=O) groups excluding carboxylic acids is 1. The summed E-state index contributed by atoms with van der Waals surface area (Å²) in [4.78, 5) is 14.5. The molecule has 0 bridgehead atoms. The fourth-order valence-electron chi connectivity index (χ4n) is 3.08. The van der Waals surface area contributed by atoms with E-state index < -0.39 is 5.60 Å². The number of benzene rings is 1. The molecule has 0 aliphatic carbocycles. The number of rotatable bonds is 4. The van der Waals surface area contributed by atoms with E-state index in [1.165, 1.54) is 5.56 Å². The van der Waals surface area contributed by atoms with Crippen molar-refractivity contribution >= 4 is 6.09 Å². The molecule has 1 atom stereocenters. The van der Waals surface area contributed by atoms with Gasteiger partial charge in [-0.15, -0.1) is 0 Å². The molecule has 1 amide bonds. The third kappa shape index (κ3) is 5.54. The number of ether oxygens (including phenoxy) is 1. The normalized spacial score (nSPS) is 19.6. The van der Waals surface area contributed by atoms with Crippen molar-refractivity contribution < 1.29 is 9.53 Å². The van der Waals surface area contributed by atoms with Gasteiger partial charge in [-0.05, 0) is 59.1 Å². The Balaban J connectivity index is 1.88. The largest absolute Gasteiger partial charge is 0.444 e. The Labute approximate surface area is 140 Å². The van der Waals surface area contributed by atoms with Gasteiger partial charge in [0.05, 0.1) is 0 Å². The van der Waals surface area contributed by atoms with Gasteiger partial charge in [0, 0.05) is 18.6 Å². The van der Waals surface area contributed by atoms with E-state index in [2.05, 4.69) is 48.3 Å². The molecule has 0 saturated carbocycles. The Hall–Kier alpha value is -1.55. The second kappa shape index (κ2) is 6.91. The lowest BCUT2D eigenvalue weighted by atomic mass is 9.87. The van der Waals surface area contributed by atoms with Crippen LogP contribution in [-0.4, -0.2) is 35.2 Å². The van der Waals surface area contributed by atoms with Gasteiger partial charge in [-0.3, -0.25) is 4.90 Å². The average molecular weight is 318 g/mol. The fourth-order valence-corrected chi connectivity index (χ4v) is 3.08. The highest BCUT2D eigenvalue weighted by Crippen LogP contribution is 2.28. The van der Waals surface area contributed by atoms with Crippen LogP contribution in [0.5, 0.6) is 0 Å². The summed E-state index contributed by atoms with van der Waals surface area (Å²) in [5, 5.41) is 3.05. The van der Waals surface area contributed by atoms with Gasteiger partial charge in [-0.25, -0.2) is 4.79 Å². The van der Waals surface area contributed by atoms with Crippen LogP contribution >= 0.6 is 0 Å². The minimum absolute atomic E-state index is 0.270. The van der Waals surface area contributed by atoms with Crippen molar-refractivity contribution in [1.29, 1.82) is 0 Å². The van der Waals surface area contributed by atoms with E-state index in [1.807, 2.05) is 26.8 Å². The molecule has 0 spiro atoms. The molecule has 128 valence electrons. The summed E-state index contributed by atoms with van der Waals surface area (Å²) in [7, 11) is 0. The number of likely N-dealkylation sites (tertiary alicyclic amines) is 1. The van der Waals surface area contributed by atoms with Gasteiger partial charge in [0.15, 0.2) is 0 Å². The van der Waals surface area contributed by atoms with Crippen LogP contribution in [0.25, 0.3) is 0 Å². The molecule has 0 radical (unpaired) electrons. The number of amides is 1. The summed E-state index contributed by atoms with van der Waals surface area (Å²) >= 11 is 0. The molecule has 1 N–H and O–H groups in total. The third-order valence-corrected chi connectivity index (χ3v) is 4.37. The van der Waals surface area contributed by atoms with Crippen LogP contribution in [-0.2, 0) is 11.3 Å². The number of hydrogen-bond acceptors (Lipinski definition) is 3. The van der Waals surface area contributed by atoms with E-state index in [1.54, 1.807) is 0 Å². The van der Waals surface area contributed by atoms with Crippen molar-refractivity contribution in [2.24, 2.45) is 5.92 Å². The summed E-state index contributed by atoms with van der Waals surface area (Å²) in [6.45, 7) is 12.9. The van der Waals surface area contributed by atoms with E-state index in [0.717, 1.165) is 26.1 Å². The minimum atomic E-state index is -0.463. The second-order valence-electron chi connectivity index (χ2n) is 8.05. The predicted octanol–water partition coefficient (Wildman–Crippen LogP) is 3.81. The molecule has 23 heavy (non-hydrogen) atoms. The maximum atomic E-state index is 12.1. The Morgan fingerprint density at radius 3 is 2.48 bits per heavy atom. The van der Waals surface area contributed by atoms with Crippen LogP contribution in [0.15, 0.2) is 30.3 Å². The zero-order chi connectivity index (χ0) is 17.1. The quantitative estimate of drug-likeness (QED) is 0.918. The van der Waals surface area contributed by atoms with Crippen molar-refractivity contribution in [3.05, 3.63) is 35.9 Å².